The zero-order valence-corrected chi connectivity index (χ0v) is 13.7. The van der Waals surface area contributed by atoms with E-state index in [0.717, 1.165) is 36.8 Å². The molecular formula is C18H24N4O. The van der Waals surface area contributed by atoms with Crippen molar-refractivity contribution in [3.05, 3.63) is 48.2 Å². The smallest absolute Gasteiger partial charge is 0.128 e. The number of anilines is 3. The summed E-state index contributed by atoms with van der Waals surface area (Å²) in [5.74, 6) is 1.00. The maximum absolute atomic E-state index is 5.77. The van der Waals surface area contributed by atoms with E-state index in [1.807, 2.05) is 30.5 Å². The summed E-state index contributed by atoms with van der Waals surface area (Å²) < 4.78 is 5.77. The molecule has 1 saturated heterocycles. The van der Waals surface area contributed by atoms with E-state index < -0.39 is 0 Å². The zero-order valence-electron chi connectivity index (χ0n) is 13.7. The van der Waals surface area contributed by atoms with Gasteiger partial charge in [-0.3, -0.25) is 0 Å². The van der Waals surface area contributed by atoms with Crippen molar-refractivity contribution in [2.45, 2.75) is 32.6 Å². The van der Waals surface area contributed by atoms with Crippen molar-refractivity contribution in [1.29, 1.82) is 0 Å². The van der Waals surface area contributed by atoms with Crippen molar-refractivity contribution in [3.63, 3.8) is 0 Å². The number of nitrogens with zero attached hydrogens (tertiary/aromatic N) is 2. The van der Waals surface area contributed by atoms with Crippen LogP contribution in [0.2, 0.25) is 0 Å². The highest BCUT2D eigenvalue weighted by molar-refractivity contribution is 5.49. The molecule has 1 fully saturated rings. The molecule has 122 valence electrons. The topological polar surface area (TPSA) is 63.4 Å². The molecule has 1 aliphatic rings. The number of morpholine rings is 1. The van der Waals surface area contributed by atoms with Crippen LogP contribution in [0.1, 0.15) is 19.4 Å². The first-order valence-electron chi connectivity index (χ1n) is 8.05. The molecule has 0 aliphatic carbocycles. The summed E-state index contributed by atoms with van der Waals surface area (Å²) in [6.07, 6.45) is 2.37. The highest BCUT2D eigenvalue weighted by atomic mass is 16.5. The number of aromatic nitrogens is 1. The van der Waals surface area contributed by atoms with E-state index in [4.69, 9.17) is 10.5 Å². The van der Waals surface area contributed by atoms with Gasteiger partial charge < -0.3 is 20.7 Å². The largest absolute Gasteiger partial charge is 0.399 e. The van der Waals surface area contributed by atoms with Gasteiger partial charge in [-0.05, 0) is 43.7 Å². The molecule has 2 heterocycles. The van der Waals surface area contributed by atoms with Gasteiger partial charge in [0.1, 0.15) is 5.82 Å². The van der Waals surface area contributed by atoms with Crippen LogP contribution in [-0.4, -0.2) is 30.3 Å². The molecule has 2 atom stereocenters. The van der Waals surface area contributed by atoms with Gasteiger partial charge in [0, 0.05) is 25.3 Å². The highest BCUT2D eigenvalue weighted by Gasteiger charge is 2.22. The van der Waals surface area contributed by atoms with Crippen LogP contribution in [0.3, 0.4) is 0 Å². The Morgan fingerprint density at radius 3 is 2.43 bits per heavy atom. The second kappa shape index (κ2) is 6.87. The van der Waals surface area contributed by atoms with E-state index in [1.165, 1.54) is 5.56 Å². The predicted octanol–water partition coefficient (Wildman–Crippen LogP) is 2.89. The summed E-state index contributed by atoms with van der Waals surface area (Å²) in [5, 5.41) is 3.38. The van der Waals surface area contributed by atoms with Crippen molar-refractivity contribution >= 4 is 17.2 Å². The van der Waals surface area contributed by atoms with Gasteiger partial charge in [-0.1, -0.05) is 12.1 Å². The first-order chi connectivity index (χ1) is 11.1. The number of rotatable bonds is 4. The van der Waals surface area contributed by atoms with Crippen molar-refractivity contribution in [1.82, 2.24) is 4.98 Å². The normalized spacial score (nSPS) is 21.2. The fourth-order valence-corrected chi connectivity index (χ4v) is 2.88. The van der Waals surface area contributed by atoms with Gasteiger partial charge in [0.15, 0.2) is 0 Å². The third-order valence-electron chi connectivity index (χ3n) is 3.97. The number of nitrogens with one attached hydrogen (secondary N) is 1. The lowest BCUT2D eigenvalue weighted by Gasteiger charge is -2.36. The molecule has 0 unspecified atom stereocenters. The van der Waals surface area contributed by atoms with Crippen LogP contribution in [0.15, 0.2) is 42.6 Å². The third-order valence-corrected chi connectivity index (χ3v) is 3.97. The van der Waals surface area contributed by atoms with Crippen LogP contribution in [0.25, 0.3) is 0 Å². The Morgan fingerprint density at radius 2 is 1.83 bits per heavy atom. The summed E-state index contributed by atoms with van der Waals surface area (Å²) in [6, 6.07) is 12.0. The number of nitrogen functional groups attached to an aromatic ring is 1. The van der Waals surface area contributed by atoms with E-state index >= 15 is 0 Å². The monoisotopic (exact) mass is 312 g/mol. The quantitative estimate of drug-likeness (QED) is 0.850. The van der Waals surface area contributed by atoms with Gasteiger partial charge in [-0.15, -0.1) is 0 Å². The minimum atomic E-state index is 0.240. The first kappa shape index (κ1) is 15.6. The van der Waals surface area contributed by atoms with Crippen LogP contribution < -0.4 is 16.0 Å². The molecular weight excluding hydrogens is 288 g/mol. The highest BCUT2D eigenvalue weighted by Crippen LogP contribution is 2.20. The second-order valence-electron chi connectivity index (χ2n) is 6.16. The maximum Gasteiger partial charge on any atom is 0.128 e. The van der Waals surface area contributed by atoms with Gasteiger partial charge in [0.2, 0.25) is 0 Å². The molecule has 1 aromatic heterocycles. The van der Waals surface area contributed by atoms with Gasteiger partial charge in [-0.2, -0.15) is 0 Å². The van der Waals surface area contributed by atoms with Gasteiger partial charge in [0.05, 0.1) is 24.1 Å². The Kier molecular flexibility index (Phi) is 4.67. The molecule has 5 heteroatoms. The Morgan fingerprint density at radius 1 is 1.13 bits per heavy atom. The third kappa shape index (κ3) is 4.13. The van der Waals surface area contributed by atoms with Crippen LogP contribution >= 0.6 is 0 Å². The van der Waals surface area contributed by atoms with Gasteiger partial charge in [0.25, 0.3) is 0 Å². The van der Waals surface area contributed by atoms with Crippen LogP contribution in [-0.2, 0) is 11.3 Å². The lowest BCUT2D eigenvalue weighted by molar-refractivity contribution is -0.00545. The SMILES string of the molecule is C[C@@H]1CN(c2ccc(NCc3ccc(N)cc3)cn2)C[C@H](C)O1. The number of benzene rings is 1. The van der Waals surface area contributed by atoms with E-state index in [0.29, 0.717) is 0 Å². The Balaban J connectivity index is 1.59. The minimum Gasteiger partial charge on any atom is -0.399 e. The summed E-state index contributed by atoms with van der Waals surface area (Å²) in [4.78, 5) is 6.87. The number of hydrogen-bond acceptors (Lipinski definition) is 5. The standard InChI is InChI=1S/C18H24N4O/c1-13-11-22(12-14(2)23-13)18-8-7-17(10-21-18)20-9-15-3-5-16(19)6-4-15/h3-8,10,13-14,20H,9,11-12,19H2,1-2H3/t13-,14+. The first-order valence-corrected chi connectivity index (χ1v) is 8.05. The molecule has 23 heavy (non-hydrogen) atoms. The van der Waals surface area contributed by atoms with Crippen LogP contribution in [0.4, 0.5) is 17.2 Å². The Labute approximate surface area is 137 Å². The number of ether oxygens (including phenoxy) is 1. The fraction of sp³-hybridized carbons (Fsp3) is 0.389. The number of pyridine rings is 1. The Hall–Kier alpha value is -2.27. The van der Waals surface area contributed by atoms with E-state index in [9.17, 15) is 0 Å². The number of nitrogens with two attached hydrogens (primary N) is 1. The summed E-state index contributed by atoms with van der Waals surface area (Å²) in [5.41, 5.74) is 8.69. The lowest BCUT2D eigenvalue weighted by atomic mass is 10.2. The summed E-state index contributed by atoms with van der Waals surface area (Å²) >= 11 is 0. The zero-order chi connectivity index (χ0) is 16.2. The molecule has 0 amide bonds. The molecule has 3 rings (SSSR count). The average Bonchev–Trinajstić information content (AvgIpc) is 2.54. The van der Waals surface area contributed by atoms with E-state index in [2.05, 4.69) is 41.2 Å². The summed E-state index contributed by atoms with van der Waals surface area (Å²) in [6.45, 7) is 6.73. The van der Waals surface area contributed by atoms with E-state index in [1.54, 1.807) is 0 Å². The molecule has 2 aromatic rings. The molecule has 1 aromatic carbocycles. The average molecular weight is 312 g/mol. The minimum absolute atomic E-state index is 0.240. The molecule has 5 nitrogen and oxygen atoms in total. The van der Waals surface area contributed by atoms with Crippen molar-refractivity contribution < 1.29 is 4.74 Å². The molecule has 0 radical (unpaired) electrons. The van der Waals surface area contributed by atoms with Crippen molar-refractivity contribution in [3.8, 4) is 0 Å². The van der Waals surface area contributed by atoms with Crippen LogP contribution in [0, 0.1) is 0 Å². The number of hydrogen-bond donors (Lipinski definition) is 2. The maximum atomic E-state index is 5.77. The van der Waals surface area contributed by atoms with E-state index in [-0.39, 0.29) is 12.2 Å². The molecule has 0 saturated carbocycles. The van der Waals surface area contributed by atoms with Gasteiger partial charge >= 0.3 is 0 Å². The second-order valence-corrected chi connectivity index (χ2v) is 6.16. The lowest BCUT2D eigenvalue weighted by Crippen LogP contribution is -2.45. The fourth-order valence-electron chi connectivity index (χ4n) is 2.88. The molecule has 0 spiro atoms. The molecule has 3 N–H and O–H groups in total. The van der Waals surface area contributed by atoms with Crippen molar-refractivity contribution in [2.24, 2.45) is 0 Å². The predicted molar refractivity (Wildman–Crippen MR) is 94.6 cm³/mol. The van der Waals surface area contributed by atoms with Crippen LogP contribution in [0.5, 0.6) is 0 Å². The summed E-state index contributed by atoms with van der Waals surface area (Å²) in [7, 11) is 0. The van der Waals surface area contributed by atoms with Crippen molar-refractivity contribution in [2.75, 3.05) is 29.0 Å². The molecule has 0 bridgehead atoms. The van der Waals surface area contributed by atoms with Gasteiger partial charge in [-0.25, -0.2) is 4.98 Å². The molecule has 1 aliphatic heterocycles. The Bertz CT molecular complexity index is 616.